The average Bonchev–Trinajstić information content (AvgIpc) is 3.29. The van der Waals surface area contributed by atoms with Gasteiger partial charge in [-0.1, -0.05) is 24.3 Å². The Morgan fingerprint density at radius 2 is 2.03 bits per heavy atom. The number of benzene rings is 2. The monoisotopic (exact) mass is 392 g/mol. The fourth-order valence-corrected chi connectivity index (χ4v) is 4.41. The highest BCUT2D eigenvalue weighted by atomic mass is 19.1. The lowest BCUT2D eigenvalue weighted by molar-refractivity contribution is 0.0930. The smallest absolute Gasteiger partial charge is 0.258 e. The van der Waals surface area contributed by atoms with Crippen molar-refractivity contribution in [1.82, 2.24) is 20.7 Å². The van der Waals surface area contributed by atoms with Crippen LogP contribution >= 0.6 is 0 Å². The Bertz CT molecular complexity index is 1190. The molecule has 29 heavy (non-hydrogen) atoms. The highest BCUT2D eigenvalue weighted by Crippen LogP contribution is 2.31. The van der Waals surface area contributed by atoms with E-state index in [0.29, 0.717) is 11.8 Å². The van der Waals surface area contributed by atoms with E-state index in [1.54, 1.807) is 18.3 Å². The van der Waals surface area contributed by atoms with Crippen LogP contribution in [0.25, 0.3) is 10.9 Å². The zero-order valence-electron chi connectivity index (χ0n) is 15.9. The van der Waals surface area contributed by atoms with E-state index in [2.05, 4.69) is 23.1 Å². The molecule has 1 fully saturated rings. The van der Waals surface area contributed by atoms with Gasteiger partial charge in [0.25, 0.3) is 5.91 Å². The second-order valence-corrected chi connectivity index (χ2v) is 7.80. The molecule has 5 rings (SSSR count). The van der Waals surface area contributed by atoms with E-state index in [0.717, 1.165) is 23.1 Å². The molecule has 0 radical (unpaired) electrons. The number of amides is 1. The van der Waals surface area contributed by atoms with Crippen molar-refractivity contribution in [2.24, 2.45) is 0 Å². The lowest BCUT2D eigenvalue weighted by Crippen LogP contribution is -2.45. The zero-order valence-corrected chi connectivity index (χ0v) is 15.9. The minimum atomic E-state index is -0.413. The third-order valence-corrected chi connectivity index (χ3v) is 5.83. The molecule has 0 bridgehead atoms. The van der Waals surface area contributed by atoms with Gasteiger partial charge < -0.3 is 9.88 Å². The van der Waals surface area contributed by atoms with Gasteiger partial charge in [0.05, 0.1) is 11.7 Å². The van der Waals surface area contributed by atoms with Crippen LogP contribution in [0.4, 0.5) is 4.39 Å². The summed E-state index contributed by atoms with van der Waals surface area (Å²) in [6.07, 6.45) is 2.70. The van der Waals surface area contributed by atoms with Crippen molar-refractivity contribution < 1.29 is 9.18 Å². The van der Waals surface area contributed by atoms with Crippen LogP contribution in [0, 0.1) is 5.82 Å². The van der Waals surface area contributed by atoms with Gasteiger partial charge >= 0.3 is 0 Å². The summed E-state index contributed by atoms with van der Waals surface area (Å²) in [5.74, 6) is -0.711. The van der Waals surface area contributed by atoms with Gasteiger partial charge in [-0.05, 0) is 42.7 Å². The number of hydrazine groups is 1. The van der Waals surface area contributed by atoms with E-state index in [9.17, 15) is 14.0 Å². The van der Waals surface area contributed by atoms with E-state index >= 15 is 0 Å². The molecule has 3 atom stereocenters. The van der Waals surface area contributed by atoms with Gasteiger partial charge in [-0.3, -0.25) is 9.59 Å². The van der Waals surface area contributed by atoms with Gasteiger partial charge in [0.2, 0.25) is 5.43 Å². The molecule has 6 nitrogen and oxygen atoms in total. The first-order chi connectivity index (χ1) is 14.0. The van der Waals surface area contributed by atoms with Crippen LogP contribution in [0.15, 0.2) is 53.5 Å². The third kappa shape index (κ3) is 3.03. The van der Waals surface area contributed by atoms with Gasteiger partial charge in [0.15, 0.2) is 0 Å². The summed E-state index contributed by atoms with van der Waals surface area (Å²) in [6.45, 7) is 2.08. The average molecular weight is 392 g/mol. The molecule has 1 amide bonds. The number of carbonyl (C=O) groups excluding carboxylic acids is 1. The number of nitrogens with one attached hydrogen (secondary N) is 3. The Morgan fingerprint density at radius 3 is 2.86 bits per heavy atom. The van der Waals surface area contributed by atoms with Crippen molar-refractivity contribution in [3.05, 3.63) is 81.4 Å². The van der Waals surface area contributed by atoms with E-state index in [-0.39, 0.29) is 35.1 Å². The predicted octanol–water partition coefficient (Wildman–Crippen LogP) is 2.55. The minimum absolute atomic E-state index is 0.131. The number of halogens is 1. The molecular weight excluding hydrogens is 371 g/mol. The predicted molar refractivity (Wildman–Crippen MR) is 108 cm³/mol. The van der Waals surface area contributed by atoms with Crippen molar-refractivity contribution in [2.75, 3.05) is 0 Å². The van der Waals surface area contributed by atoms with E-state index in [1.165, 1.54) is 12.1 Å². The first kappa shape index (κ1) is 18.0. The topological polar surface area (TPSA) is 75.2 Å². The molecule has 2 aliphatic heterocycles. The van der Waals surface area contributed by atoms with Crippen LogP contribution in [0.5, 0.6) is 0 Å². The second kappa shape index (κ2) is 6.79. The Kier molecular flexibility index (Phi) is 4.22. The summed E-state index contributed by atoms with van der Waals surface area (Å²) in [6, 6.07) is 12.1. The molecule has 3 unspecified atom stereocenters. The SMILES string of the molecule is CC1Cc2cccc3c(=O)c(C(=O)NC4CC(c5cccc(F)c5)NN4)cn1c23. The maximum absolute atomic E-state index is 13.5. The Labute approximate surface area is 166 Å². The summed E-state index contributed by atoms with van der Waals surface area (Å²) in [5.41, 5.74) is 8.84. The summed E-state index contributed by atoms with van der Waals surface area (Å²) in [5, 5.41) is 3.46. The van der Waals surface area contributed by atoms with Crippen molar-refractivity contribution in [2.45, 2.75) is 38.0 Å². The number of hydrogen-bond donors (Lipinski definition) is 3. The molecule has 3 aromatic rings. The van der Waals surface area contributed by atoms with Crippen molar-refractivity contribution in [3.63, 3.8) is 0 Å². The molecular formula is C22H21FN4O2. The van der Waals surface area contributed by atoms with Crippen LogP contribution in [0.2, 0.25) is 0 Å². The van der Waals surface area contributed by atoms with Crippen LogP contribution in [-0.2, 0) is 6.42 Å². The normalized spacial score (nSPS) is 22.9. The maximum atomic E-state index is 13.5. The molecule has 2 aromatic carbocycles. The van der Waals surface area contributed by atoms with Crippen molar-refractivity contribution >= 4 is 16.8 Å². The molecule has 2 aliphatic rings. The Hall–Kier alpha value is -3.03. The second-order valence-electron chi connectivity index (χ2n) is 7.80. The van der Waals surface area contributed by atoms with Crippen LogP contribution < -0.4 is 21.6 Å². The number of aromatic nitrogens is 1. The van der Waals surface area contributed by atoms with Gasteiger partial charge in [-0.2, -0.15) is 0 Å². The van der Waals surface area contributed by atoms with E-state index in [1.807, 2.05) is 22.8 Å². The quantitative estimate of drug-likeness (QED) is 0.640. The van der Waals surface area contributed by atoms with Gasteiger partial charge in [0.1, 0.15) is 11.4 Å². The summed E-state index contributed by atoms with van der Waals surface area (Å²) < 4.78 is 15.5. The number of nitrogens with zero attached hydrogens (tertiary/aromatic N) is 1. The van der Waals surface area contributed by atoms with Crippen molar-refractivity contribution in [1.29, 1.82) is 0 Å². The fourth-order valence-electron chi connectivity index (χ4n) is 4.41. The molecule has 3 heterocycles. The summed E-state index contributed by atoms with van der Waals surface area (Å²) in [7, 11) is 0. The zero-order chi connectivity index (χ0) is 20.1. The molecule has 0 saturated carbocycles. The lowest BCUT2D eigenvalue weighted by atomic mass is 10.0. The molecule has 148 valence electrons. The standard InChI is InChI=1S/C22H21FN4O2/c1-12-8-14-5-3-7-16-20(14)27(12)11-17(21(16)28)22(29)24-19-10-18(25-26-19)13-4-2-6-15(23)9-13/h2-7,9,11-12,18-19,25-26H,8,10H2,1H3,(H,24,29). The molecule has 1 aromatic heterocycles. The van der Waals surface area contributed by atoms with Crippen LogP contribution in [0.1, 0.15) is 46.9 Å². The molecule has 3 N–H and O–H groups in total. The largest absolute Gasteiger partial charge is 0.343 e. The highest BCUT2D eigenvalue weighted by molar-refractivity contribution is 5.98. The Balaban J connectivity index is 1.39. The molecule has 0 aliphatic carbocycles. The first-order valence-electron chi connectivity index (χ1n) is 9.75. The molecule has 7 heteroatoms. The van der Waals surface area contributed by atoms with Gasteiger partial charge in [-0.25, -0.2) is 15.2 Å². The Morgan fingerprint density at radius 1 is 1.21 bits per heavy atom. The van der Waals surface area contributed by atoms with E-state index in [4.69, 9.17) is 0 Å². The minimum Gasteiger partial charge on any atom is -0.343 e. The first-order valence-corrected chi connectivity index (χ1v) is 9.75. The van der Waals surface area contributed by atoms with Gasteiger partial charge in [0, 0.05) is 30.1 Å². The number of carbonyl (C=O) groups is 1. The van der Waals surface area contributed by atoms with Crippen LogP contribution in [-0.4, -0.2) is 16.6 Å². The maximum Gasteiger partial charge on any atom is 0.258 e. The van der Waals surface area contributed by atoms with Crippen LogP contribution in [0.3, 0.4) is 0 Å². The van der Waals surface area contributed by atoms with Gasteiger partial charge in [-0.15, -0.1) is 0 Å². The number of pyridine rings is 1. The lowest BCUT2D eigenvalue weighted by Gasteiger charge is -2.15. The number of para-hydroxylation sites is 1. The molecule has 1 saturated heterocycles. The molecule has 0 spiro atoms. The number of rotatable bonds is 3. The fraction of sp³-hybridized carbons (Fsp3) is 0.273. The number of hydrogen-bond acceptors (Lipinski definition) is 4. The highest BCUT2D eigenvalue weighted by Gasteiger charge is 2.29. The summed E-state index contributed by atoms with van der Waals surface area (Å²) >= 11 is 0. The van der Waals surface area contributed by atoms with Crippen molar-refractivity contribution in [3.8, 4) is 0 Å². The van der Waals surface area contributed by atoms with E-state index < -0.39 is 5.91 Å². The summed E-state index contributed by atoms with van der Waals surface area (Å²) in [4.78, 5) is 25.9. The third-order valence-electron chi connectivity index (χ3n) is 5.83.